The Hall–Kier alpha value is -1.26. The predicted octanol–water partition coefficient (Wildman–Crippen LogP) is 1.93. The second-order valence-corrected chi connectivity index (χ2v) is 3.26. The predicted molar refractivity (Wildman–Crippen MR) is 58.5 cm³/mol. The molecule has 15 heavy (non-hydrogen) atoms. The van der Waals surface area contributed by atoms with Crippen LogP contribution in [-0.2, 0) is 9.53 Å². The van der Waals surface area contributed by atoms with Crippen LogP contribution >= 0.6 is 11.6 Å². The molecule has 0 unspecified atom stereocenters. The summed E-state index contributed by atoms with van der Waals surface area (Å²) in [4.78, 5) is 11.3. The largest absolute Gasteiger partial charge is 0.495 e. The van der Waals surface area contributed by atoms with E-state index in [-0.39, 0.29) is 12.5 Å². The molecule has 0 fully saturated rings. The summed E-state index contributed by atoms with van der Waals surface area (Å²) in [5.74, 6) is 0.307. The third kappa shape index (κ3) is 3.42. The normalized spacial score (nSPS) is 9.80. The van der Waals surface area contributed by atoms with E-state index in [1.165, 1.54) is 14.2 Å². The van der Waals surface area contributed by atoms with E-state index < -0.39 is 0 Å². The Balaban J connectivity index is 2.82. The topological polar surface area (TPSA) is 47.6 Å². The molecule has 0 heterocycles. The summed E-state index contributed by atoms with van der Waals surface area (Å²) in [5.41, 5.74) is 0.534. The minimum absolute atomic E-state index is 0.00430. The smallest absolute Gasteiger partial charge is 0.250 e. The molecule has 1 amide bonds. The van der Waals surface area contributed by atoms with Crippen LogP contribution in [0.1, 0.15) is 0 Å². The van der Waals surface area contributed by atoms with Crippen molar-refractivity contribution in [2.24, 2.45) is 0 Å². The highest BCUT2D eigenvalue weighted by molar-refractivity contribution is 6.31. The molecule has 0 atom stereocenters. The number of carbonyl (C=O) groups excluding carboxylic acids is 1. The lowest BCUT2D eigenvalue weighted by Crippen LogP contribution is -2.17. The molecule has 0 saturated heterocycles. The molecule has 0 aromatic heterocycles. The molecule has 0 aliphatic heterocycles. The van der Waals surface area contributed by atoms with Gasteiger partial charge in [0.1, 0.15) is 12.4 Å². The van der Waals surface area contributed by atoms with E-state index in [2.05, 4.69) is 5.32 Å². The Bertz CT molecular complexity index is 355. The standard InChI is InChI=1S/C10H12ClNO3/c1-14-6-10(13)12-8-5-7(11)3-4-9(8)15-2/h3-5H,6H2,1-2H3,(H,12,13). The number of amides is 1. The van der Waals surface area contributed by atoms with Gasteiger partial charge in [-0.1, -0.05) is 11.6 Å². The third-order valence-electron chi connectivity index (χ3n) is 1.71. The Morgan fingerprint density at radius 1 is 1.47 bits per heavy atom. The van der Waals surface area contributed by atoms with Crippen molar-refractivity contribution in [2.75, 3.05) is 26.1 Å². The summed E-state index contributed by atoms with van der Waals surface area (Å²) in [6.07, 6.45) is 0. The maximum atomic E-state index is 11.3. The van der Waals surface area contributed by atoms with Crippen LogP contribution in [-0.4, -0.2) is 26.7 Å². The molecule has 0 aliphatic rings. The molecule has 0 aliphatic carbocycles. The zero-order valence-corrected chi connectivity index (χ0v) is 9.30. The van der Waals surface area contributed by atoms with Crippen LogP contribution in [0.5, 0.6) is 5.75 Å². The minimum Gasteiger partial charge on any atom is -0.495 e. The lowest BCUT2D eigenvalue weighted by Gasteiger charge is -2.09. The summed E-state index contributed by atoms with van der Waals surface area (Å²) in [7, 11) is 2.98. The van der Waals surface area contributed by atoms with E-state index in [0.29, 0.717) is 16.5 Å². The summed E-state index contributed by atoms with van der Waals surface area (Å²) in [6.45, 7) is -0.00430. The number of ether oxygens (including phenoxy) is 2. The summed E-state index contributed by atoms with van der Waals surface area (Å²) in [5, 5.41) is 3.16. The van der Waals surface area contributed by atoms with E-state index in [0.717, 1.165) is 0 Å². The average molecular weight is 230 g/mol. The molecule has 1 aromatic rings. The number of hydrogen-bond donors (Lipinski definition) is 1. The Morgan fingerprint density at radius 3 is 2.80 bits per heavy atom. The zero-order valence-electron chi connectivity index (χ0n) is 8.54. The van der Waals surface area contributed by atoms with Crippen molar-refractivity contribution < 1.29 is 14.3 Å². The molecule has 0 bridgehead atoms. The van der Waals surface area contributed by atoms with Crippen LogP contribution in [0.3, 0.4) is 0 Å². The van der Waals surface area contributed by atoms with Gasteiger partial charge in [0, 0.05) is 12.1 Å². The summed E-state index contributed by atoms with van der Waals surface area (Å²) < 4.78 is 9.76. The van der Waals surface area contributed by atoms with E-state index in [1.54, 1.807) is 18.2 Å². The molecule has 0 spiro atoms. The number of anilines is 1. The zero-order chi connectivity index (χ0) is 11.3. The van der Waals surface area contributed by atoms with Gasteiger partial charge in [0.2, 0.25) is 5.91 Å². The minimum atomic E-state index is -0.252. The first kappa shape index (κ1) is 11.8. The summed E-state index contributed by atoms with van der Waals surface area (Å²) >= 11 is 5.80. The van der Waals surface area contributed by atoms with Crippen LogP contribution in [0.2, 0.25) is 5.02 Å². The molecule has 1 N–H and O–H groups in total. The molecular formula is C10H12ClNO3. The lowest BCUT2D eigenvalue weighted by molar-refractivity contribution is -0.119. The van der Waals surface area contributed by atoms with E-state index in [4.69, 9.17) is 21.1 Å². The second kappa shape index (κ2) is 5.58. The fourth-order valence-electron chi connectivity index (χ4n) is 1.10. The highest BCUT2D eigenvalue weighted by Gasteiger charge is 2.07. The molecule has 0 radical (unpaired) electrons. The SMILES string of the molecule is COCC(=O)Nc1cc(Cl)ccc1OC. The first-order valence-corrected chi connectivity index (χ1v) is 4.67. The van der Waals surface area contributed by atoms with Crippen molar-refractivity contribution in [3.63, 3.8) is 0 Å². The Kier molecular flexibility index (Phi) is 4.39. The van der Waals surface area contributed by atoms with Gasteiger partial charge >= 0.3 is 0 Å². The fourth-order valence-corrected chi connectivity index (χ4v) is 1.27. The number of benzene rings is 1. The highest BCUT2D eigenvalue weighted by Crippen LogP contribution is 2.27. The van der Waals surface area contributed by atoms with Crippen molar-refractivity contribution in [3.05, 3.63) is 23.2 Å². The Morgan fingerprint density at radius 2 is 2.20 bits per heavy atom. The molecule has 1 rings (SSSR count). The van der Waals surface area contributed by atoms with Crippen LogP contribution in [0, 0.1) is 0 Å². The number of methoxy groups -OCH3 is 2. The van der Waals surface area contributed by atoms with Gasteiger partial charge in [-0.2, -0.15) is 0 Å². The van der Waals surface area contributed by atoms with Gasteiger partial charge in [-0.25, -0.2) is 0 Å². The maximum absolute atomic E-state index is 11.3. The van der Waals surface area contributed by atoms with Gasteiger partial charge in [-0.05, 0) is 18.2 Å². The van der Waals surface area contributed by atoms with Crippen molar-refractivity contribution in [2.45, 2.75) is 0 Å². The first-order chi connectivity index (χ1) is 7.17. The fraction of sp³-hybridized carbons (Fsp3) is 0.300. The number of carbonyl (C=O) groups is 1. The van der Waals surface area contributed by atoms with Gasteiger partial charge in [-0.3, -0.25) is 4.79 Å². The first-order valence-electron chi connectivity index (χ1n) is 4.29. The molecule has 82 valence electrons. The van der Waals surface area contributed by atoms with Crippen molar-refractivity contribution in [3.8, 4) is 5.75 Å². The number of nitrogens with one attached hydrogen (secondary N) is 1. The second-order valence-electron chi connectivity index (χ2n) is 2.83. The molecule has 0 saturated carbocycles. The molecule has 5 heteroatoms. The van der Waals surface area contributed by atoms with Gasteiger partial charge < -0.3 is 14.8 Å². The average Bonchev–Trinajstić information content (AvgIpc) is 2.18. The van der Waals surface area contributed by atoms with E-state index >= 15 is 0 Å². The van der Waals surface area contributed by atoms with Gasteiger partial charge in [0.15, 0.2) is 0 Å². The lowest BCUT2D eigenvalue weighted by atomic mass is 10.3. The van der Waals surface area contributed by atoms with E-state index in [1.807, 2.05) is 0 Å². The van der Waals surface area contributed by atoms with Crippen molar-refractivity contribution in [1.82, 2.24) is 0 Å². The summed E-state index contributed by atoms with van der Waals surface area (Å²) in [6, 6.07) is 4.99. The quantitative estimate of drug-likeness (QED) is 0.858. The molecular weight excluding hydrogens is 218 g/mol. The third-order valence-corrected chi connectivity index (χ3v) is 1.95. The number of hydrogen-bond acceptors (Lipinski definition) is 3. The molecule has 1 aromatic carbocycles. The van der Waals surface area contributed by atoms with Gasteiger partial charge in [0.05, 0.1) is 12.8 Å². The van der Waals surface area contributed by atoms with Crippen molar-refractivity contribution in [1.29, 1.82) is 0 Å². The Labute approximate surface area is 93.1 Å². The van der Waals surface area contributed by atoms with Crippen molar-refractivity contribution >= 4 is 23.2 Å². The van der Waals surface area contributed by atoms with Crippen LogP contribution < -0.4 is 10.1 Å². The number of halogens is 1. The van der Waals surface area contributed by atoms with Crippen LogP contribution in [0.4, 0.5) is 5.69 Å². The number of rotatable bonds is 4. The van der Waals surface area contributed by atoms with E-state index in [9.17, 15) is 4.79 Å². The molecule has 4 nitrogen and oxygen atoms in total. The monoisotopic (exact) mass is 229 g/mol. The van der Waals surface area contributed by atoms with Crippen LogP contribution in [0.25, 0.3) is 0 Å². The van der Waals surface area contributed by atoms with Gasteiger partial charge in [-0.15, -0.1) is 0 Å². The maximum Gasteiger partial charge on any atom is 0.250 e. The van der Waals surface area contributed by atoms with Crippen LogP contribution in [0.15, 0.2) is 18.2 Å². The highest BCUT2D eigenvalue weighted by atomic mass is 35.5. The van der Waals surface area contributed by atoms with Gasteiger partial charge in [0.25, 0.3) is 0 Å².